The normalized spacial score (nSPS) is 9.96. The van der Waals surface area contributed by atoms with Crippen molar-refractivity contribution in [3.05, 3.63) is 58.1 Å². The highest BCUT2D eigenvalue weighted by Gasteiger charge is 2.11. The molecule has 0 aromatic heterocycles. The number of ether oxygens (including phenoxy) is 1. The van der Waals surface area contributed by atoms with E-state index < -0.39 is 0 Å². The van der Waals surface area contributed by atoms with Crippen LogP contribution in [0.2, 0.25) is 0 Å². The first-order valence-electron chi connectivity index (χ1n) is 7.78. The van der Waals surface area contributed by atoms with E-state index in [1.807, 2.05) is 6.92 Å². The minimum Gasteiger partial charge on any atom is -0.496 e. The van der Waals surface area contributed by atoms with Gasteiger partial charge in [-0.1, -0.05) is 0 Å². The van der Waals surface area contributed by atoms with Gasteiger partial charge < -0.3 is 15.4 Å². The Morgan fingerprint density at radius 2 is 1.73 bits per heavy atom. The summed E-state index contributed by atoms with van der Waals surface area (Å²) in [5, 5.41) is 8.40. The van der Waals surface area contributed by atoms with Crippen molar-refractivity contribution in [2.24, 2.45) is 0 Å². The molecular formula is C18H18BrN3O3S. The molecule has 2 aromatic carbocycles. The van der Waals surface area contributed by atoms with Gasteiger partial charge in [-0.15, -0.1) is 0 Å². The van der Waals surface area contributed by atoms with Gasteiger partial charge in [0.1, 0.15) is 5.75 Å². The van der Waals surface area contributed by atoms with Crippen molar-refractivity contribution in [1.82, 2.24) is 10.6 Å². The summed E-state index contributed by atoms with van der Waals surface area (Å²) in [5.41, 5.74) is 1.66. The molecule has 0 bridgehead atoms. The zero-order valence-electron chi connectivity index (χ0n) is 14.3. The molecule has 2 aromatic rings. The molecule has 0 spiro atoms. The summed E-state index contributed by atoms with van der Waals surface area (Å²) in [6.07, 6.45) is 0. The predicted octanol–water partition coefficient (Wildman–Crippen LogP) is 3.33. The van der Waals surface area contributed by atoms with Gasteiger partial charge in [0.15, 0.2) is 5.11 Å². The molecule has 6 nitrogen and oxygen atoms in total. The van der Waals surface area contributed by atoms with Crippen LogP contribution in [-0.4, -0.2) is 30.6 Å². The molecule has 0 saturated carbocycles. The van der Waals surface area contributed by atoms with E-state index in [2.05, 4.69) is 31.9 Å². The van der Waals surface area contributed by atoms with E-state index in [0.29, 0.717) is 33.6 Å². The Kier molecular flexibility index (Phi) is 7.11. The maximum atomic E-state index is 12.3. The van der Waals surface area contributed by atoms with E-state index in [4.69, 9.17) is 17.0 Å². The van der Waals surface area contributed by atoms with Gasteiger partial charge in [-0.25, -0.2) is 0 Å². The molecule has 0 aliphatic carbocycles. The first-order chi connectivity index (χ1) is 12.4. The maximum Gasteiger partial charge on any atom is 0.257 e. The quantitative estimate of drug-likeness (QED) is 0.627. The number of benzene rings is 2. The van der Waals surface area contributed by atoms with Gasteiger partial charge in [0.25, 0.3) is 11.8 Å². The van der Waals surface area contributed by atoms with Crippen molar-refractivity contribution in [3.8, 4) is 5.75 Å². The number of methoxy groups -OCH3 is 1. The highest BCUT2D eigenvalue weighted by atomic mass is 79.9. The summed E-state index contributed by atoms with van der Waals surface area (Å²) < 4.78 is 5.81. The molecule has 0 unspecified atom stereocenters. The van der Waals surface area contributed by atoms with Crippen molar-refractivity contribution in [3.63, 3.8) is 0 Å². The number of nitrogens with one attached hydrogen (secondary N) is 3. The van der Waals surface area contributed by atoms with Gasteiger partial charge in [0, 0.05) is 23.4 Å². The molecule has 3 N–H and O–H groups in total. The van der Waals surface area contributed by atoms with Gasteiger partial charge in [-0.3, -0.25) is 14.9 Å². The Hall–Kier alpha value is -2.45. The number of carbonyl (C=O) groups excluding carboxylic acids is 2. The van der Waals surface area contributed by atoms with Crippen LogP contribution >= 0.6 is 28.1 Å². The van der Waals surface area contributed by atoms with Gasteiger partial charge in [-0.05, 0) is 77.5 Å². The third kappa shape index (κ3) is 5.27. The minimum absolute atomic E-state index is 0.139. The van der Waals surface area contributed by atoms with E-state index in [1.165, 1.54) is 0 Å². The van der Waals surface area contributed by atoms with Crippen LogP contribution in [0.4, 0.5) is 5.69 Å². The SMILES string of the molecule is CCNC(=O)c1ccc(NC(=S)NC(=O)c2ccc(OC)c(Br)c2)cc1. The Bertz CT molecular complexity index is 825. The molecular weight excluding hydrogens is 418 g/mol. The fraction of sp³-hybridized carbons (Fsp3) is 0.167. The van der Waals surface area contributed by atoms with Crippen molar-refractivity contribution >= 4 is 50.8 Å². The topological polar surface area (TPSA) is 79.5 Å². The van der Waals surface area contributed by atoms with Crippen LogP contribution in [0.25, 0.3) is 0 Å². The fourth-order valence-electron chi connectivity index (χ4n) is 2.11. The summed E-state index contributed by atoms with van der Waals surface area (Å²) in [5.74, 6) is 0.152. The Balaban J connectivity index is 1.96. The minimum atomic E-state index is -0.343. The molecule has 0 saturated heterocycles. The van der Waals surface area contributed by atoms with Crippen LogP contribution in [0.15, 0.2) is 46.9 Å². The number of thiocarbonyl (C=S) groups is 1. The van der Waals surface area contributed by atoms with Crippen molar-refractivity contribution in [2.75, 3.05) is 19.0 Å². The summed E-state index contributed by atoms with van der Waals surface area (Å²) >= 11 is 8.50. The predicted molar refractivity (Wildman–Crippen MR) is 109 cm³/mol. The van der Waals surface area contributed by atoms with Gasteiger partial charge >= 0.3 is 0 Å². The molecule has 0 radical (unpaired) electrons. The van der Waals surface area contributed by atoms with Crippen molar-refractivity contribution in [2.45, 2.75) is 6.92 Å². The second kappa shape index (κ2) is 9.30. The van der Waals surface area contributed by atoms with Crippen LogP contribution in [0.3, 0.4) is 0 Å². The summed E-state index contributed by atoms with van der Waals surface area (Å²) in [4.78, 5) is 24.0. The average molecular weight is 436 g/mol. The summed E-state index contributed by atoms with van der Waals surface area (Å²) in [6, 6.07) is 11.8. The first kappa shape index (κ1) is 19.9. The number of amides is 2. The van der Waals surface area contributed by atoms with E-state index in [9.17, 15) is 9.59 Å². The van der Waals surface area contributed by atoms with Crippen molar-refractivity contribution in [1.29, 1.82) is 0 Å². The number of anilines is 1. The standard InChI is InChI=1S/C18H18BrN3O3S/c1-3-20-16(23)11-4-7-13(8-5-11)21-18(26)22-17(24)12-6-9-15(25-2)14(19)10-12/h4-10H,3H2,1-2H3,(H,20,23)(H2,21,22,24,26). The molecule has 0 fully saturated rings. The zero-order valence-corrected chi connectivity index (χ0v) is 16.7. The van der Waals surface area contributed by atoms with Crippen LogP contribution in [-0.2, 0) is 0 Å². The Labute approximate surface area is 165 Å². The lowest BCUT2D eigenvalue weighted by Crippen LogP contribution is -2.34. The summed E-state index contributed by atoms with van der Waals surface area (Å²) in [6.45, 7) is 2.42. The van der Waals surface area contributed by atoms with E-state index >= 15 is 0 Å². The molecule has 8 heteroatoms. The molecule has 0 aliphatic rings. The van der Waals surface area contributed by atoms with Crippen LogP contribution < -0.4 is 20.7 Å². The number of hydrogen-bond acceptors (Lipinski definition) is 4. The van der Waals surface area contributed by atoms with Crippen LogP contribution in [0.1, 0.15) is 27.6 Å². The highest BCUT2D eigenvalue weighted by Crippen LogP contribution is 2.25. The van der Waals surface area contributed by atoms with Crippen LogP contribution in [0.5, 0.6) is 5.75 Å². The van der Waals surface area contributed by atoms with Crippen molar-refractivity contribution < 1.29 is 14.3 Å². The van der Waals surface area contributed by atoms with E-state index in [-0.39, 0.29) is 16.9 Å². The lowest BCUT2D eigenvalue weighted by Gasteiger charge is -2.11. The summed E-state index contributed by atoms with van der Waals surface area (Å²) in [7, 11) is 1.55. The monoisotopic (exact) mass is 435 g/mol. The molecule has 136 valence electrons. The van der Waals surface area contributed by atoms with Gasteiger partial charge in [0.05, 0.1) is 11.6 Å². The largest absolute Gasteiger partial charge is 0.496 e. The number of rotatable bonds is 5. The molecule has 0 heterocycles. The number of halogens is 1. The van der Waals surface area contributed by atoms with Gasteiger partial charge in [0.2, 0.25) is 0 Å². The van der Waals surface area contributed by atoms with E-state index in [1.54, 1.807) is 49.6 Å². The zero-order chi connectivity index (χ0) is 19.1. The van der Waals surface area contributed by atoms with E-state index in [0.717, 1.165) is 0 Å². The molecule has 26 heavy (non-hydrogen) atoms. The number of hydrogen-bond donors (Lipinski definition) is 3. The molecule has 0 atom stereocenters. The van der Waals surface area contributed by atoms with Gasteiger partial charge in [-0.2, -0.15) is 0 Å². The second-order valence-corrected chi connectivity index (χ2v) is 6.46. The lowest BCUT2D eigenvalue weighted by molar-refractivity contribution is 0.0953. The third-order valence-corrected chi connectivity index (χ3v) is 4.21. The third-order valence-electron chi connectivity index (χ3n) is 3.38. The molecule has 2 amide bonds. The molecule has 2 rings (SSSR count). The maximum absolute atomic E-state index is 12.3. The Morgan fingerprint density at radius 3 is 2.31 bits per heavy atom. The number of carbonyl (C=O) groups is 2. The smallest absolute Gasteiger partial charge is 0.257 e. The second-order valence-electron chi connectivity index (χ2n) is 5.19. The average Bonchev–Trinajstić information content (AvgIpc) is 2.62. The first-order valence-corrected chi connectivity index (χ1v) is 8.99. The Morgan fingerprint density at radius 1 is 1.08 bits per heavy atom. The highest BCUT2D eigenvalue weighted by molar-refractivity contribution is 9.10. The fourth-order valence-corrected chi connectivity index (χ4v) is 2.86. The molecule has 0 aliphatic heterocycles. The lowest BCUT2D eigenvalue weighted by atomic mass is 10.2. The van der Waals surface area contributed by atoms with Crippen LogP contribution in [0, 0.1) is 0 Å².